The van der Waals surface area contributed by atoms with Gasteiger partial charge in [-0.05, 0) is 38.7 Å². The number of hydrogen-bond acceptors (Lipinski definition) is 2. The second-order valence-electron chi connectivity index (χ2n) is 4.45. The number of nitrogens with one attached hydrogen (secondary N) is 2. The summed E-state index contributed by atoms with van der Waals surface area (Å²) in [6.07, 6.45) is 3.34. The normalized spacial score (nSPS) is 13.1. The second-order valence-corrected chi connectivity index (χ2v) is 4.45. The van der Waals surface area contributed by atoms with E-state index in [2.05, 4.69) is 52.7 Å². The molecule has 0 aliphatic heterocycles. The molecule has 0 spiro atoms. The monoisotopic (exact) mass is 231 g/mol. The summed E-state index contributed by atoms with van der Waals surface area (Å²) in [5.41, 5.74) is 2.69. The molecular formula is C14H21N3. The fourth-order valence-electron chi connectivity index (χ4n) is 2.39. The molecule has 0 aliphatic rings. The highest BCUT2D eigenvalue weighted by molar-refractivity contribution is 5.84. The van der Waals surface area contributed by atoms with Crippen molar-refractivity contribution in [2.75, 3.05) is 20.6 Å². The molecule has 1 aromatic carbocycles. The first-order chi connectivity index (χ1) is 8.27. The summed E-state index contributed by atoms with van der Waals surface area (Å²) in [6, 6.07) is 8.98. The van der Waals surface area contributed by atoms with E-state index >= 15 is 0 Å². The van der Waals surface area contributed by atoms with Gasteiger partial charge in [-0.2, -0.15) is 0 Å². The molecule has 0 saturated heterocycles. The van der Waals surface area contributed by atoms with Crippen molar-refractivity contribution in [1.82, 2.24) is 15.2 Å². The number of benzene rings is 1. The number of para-hydroxylation sites is 1. The lowest BCUT2D eigenvalue weighted by Gasteiger charge is -2.15. The van der Waals surface area contributed by atoms with Gasteiger partial charge in [-0.15, -0.1) is 0 Å². The van der Waals surface area contributed by atoms with E-state index in [1.165, 1.54) is 16.5 Å². The Kier molecular flexibility index (Phi) is 3.82. The molecule has 3 heteroatoms. The molecule has 2 rings (SSSR count). The minimum absolute atomic E-state index is 0.411. The van der Waals surface area contributed by atoms with E-state index in [1.54, 1.807) is 0 Å². The van der Waals surface area contributed by atoms with E-state index in [0.29, 0.717) is 6.04 Å². The Morgan fingerprint density at radius 3 is 2.71 bits per heavy atom. The average molecular weight is 231 g/mol. The van der Waals surface area contributed by atoms with Crippen molar-refractivity contribution >= 4 is 10.9 Å². The number of fused-ring (bicyclic) bond motifs is 1. The lowest BCUT2D eigenvalue weighted by Crippen LogP contribution is -2.21. The third-order valence-electron chi connectivity index (χ3n) is 3.33. The van der Waals surface area contributed by atoms with Crippen LogP contribution in [0.15, 0.2) is 30.5 Å². The summed E-state index contributed by atoms with van der Waals surface area (Å²) in [5.74, 6) is 0. The largest absolute Gasteiger partial charge is 0.350 e. The Labute approximate surface area is 103 Å². The molecule has 1 aromatic heterocycles. The molecule has 0 fully saturated rings. The van der Waals surface area contributed by atoms with Crippen LogP contribution in [0.4, 0.5) is 0 Å². The van der Waals surface area contributed by atoms with Gasteiger partial charge in [0.2, 0.25) is 0 Å². The van der Waals surface area contributed by atoms with Crippen LogP contribution in [-0.2, 0) is 7.05 Å². The zero-order valence-corrected chi connectivity index (χ0v) is 10.8. The summed E-state index contributed by atoms with van der Waals surface area (Å²) in [5, 5.41) is 7.97. The lowest BCUT2D eigenvalue weighted by molar-refractivity contribution is 0.535. The van der Waals surface area contributed by atoms with Crippen molar-refractivity contribution in [2.24, 2.45) is 7.05 Å². The predicted molar refractivity (Wildman–Crippen MR) is 73.3 cm³/mol. The molecule has 0 saturated carbocycles. The van der Waals surface area contributed by atoms with Crippen LogP contribution >= 0.6 is 0 Å². The van der Waals surface area contributed by atoms with E-state index in [-0.39, 0.29) is 0 Å². The molecule has 1 atom stereocenters. The molecule has 1 unspecified atom stereocenters. The predicted octanol–water partition coefficient (Wildman–Crippen LogP) is 2.05. The van der Waals surface area contributed by atoms with Crippen molar-refractivity contribution in [3.05, 3.63) is 36.0 Å². The van der Waals surface area contributed by atoms with Crippen LogP contribution in [-0.4, -0.2) is 25.2 Å². The SMILES string of the molecule is CNCCC(NC)c1cn(C)c2ccccc12. The summed E-state index contributed by atoms with van der Waals surface area (Å²) >= 11 is 0. The Morgan fingerprint density at radius 2 is 2.00 bits per heavy atom. The van der Waals surface area contributed by atoms with Gasteiger partial charge in [-0.1, -0.05) is 18.2 Å². The van der Waals surface area contributed by atoms with Gasteiger partial charge in [0.15, 0.2) is 0 Å². The van der Waals surface area contributed by atoms with E-state index < -0.39 is 0 Å². The molecule has 3 nitrogen and oxygen atoms in total. The third-order valence-corrected chi connectivity index (χ3v) is 3.33. The first kappa shape index (κ1) is 12.1. The van der Waals surface area contributed by atoms with Crippen LogP contribution in [0.5, 0.6) is 0 Å². The number of aryl methyl sites for hydroxylation is 1. The Balaban J connectivity index is 2.39. The van der Waals surface area contributed by atoms with Gasteiger partial charge in [0.05, 0.1) is 0 Å². The molecule has 0 aliphatic carbocycles. The number of nitrogens with zero attached hydrogens (tertiary/aromatic N) is 1. The van der Waals surface area contributed by atoms with Gasteiger partial charge in [0.25, 0.3) is 0 Å². The van der Waals surface area contributed by atoms with E-state index in [0.717, 1.165) is 13.0 Å². The third kappa shape index (κ3) is 2.35. The Bertz CT molecular complexity index is 487. The minimum Gasteiger partial charge on any atom is -0.350 e. The number of aromatic nitrogens is 1. The fraction of sp³-hybridized carbons (Fsp3) is 0.429. The summed E-state index contributed by atoms with van der Waals surface area (Å²) in [6.45, 7) is 1.02. The molecule has 0 amide bonds. The van der Waals surface area contributed by atoms with Gasteiger partial charge in [-0.3, -0.25) is 0 Å². The van der Waals surface area contributed by atoms with E-state index in [9.17, 15) is 0 Å². The van der Waals surface area contributed by atoms with E-state index in [1.807, 2.05) is 14.1 Å². The standard InChI is InChI=1S/C14H21N3/c1-15-9-8-13(16-2)12-10-17(3)14-7-5-4-6-11(12)14/h4-7,10,13,15-16H,8-9H2,1-3H3. The van der Waals surface area contributed by atoms with Crippen molar-refractivity contribution in [3.8, 4) is 0 Å². The van der Waals surface area contributed by atoms with Crippen molar-refractivity contribution in [1.29, 1.82) is 0 Å². The number of hydrogen-bond donors (Lipinski definition) is 2. The first-order valence-electron chi connectivity index (χ1n) is 6.13. The zero-order valence-electron chi connectivity index (χ0n) is 10.8. The quantitative estimate of drug-likeness (QED) is 0.824. The summed E-state index contributed by atoms with van der Waals surface area (Å²) in [7, 11) is 6.13. The van der Waals surface area contributed by atoms with Crippen LogP contribution in [0.25, 0.3) is 10.9 Å². The molecule has 17 heavy (non-hydrogen) atoms. The lowest BCUT2D eigenvalue weighted by atomic mass is 10.0. The van der Waals surface area contributed by atoms with Crippen LogP contribution in [0, 0.1) is 0 Å². The molecule has 2 N–H and O–H groups in total. The topological polar surface area (TPSA) is 29.0 Å². The first-order valence-corrected chi connectivity index (χ1v) is 6.13. The Hall–Kier alpha value is -1.32. The smallest absolute Gasteiger partial charge is 0.0481 e. The van der Waals surface area contributed by atoms with Crippen LogP contribution in [0.1, 0.15) is 18.0 Å². The molecule has 92 valence electrons. The summed E-state index contributed by atoms with van der Waals surface area (Å²) in [4.78, 5) is 0. The second kappa shape index (κ2) is 5.34. The molecule has 0 radical (unpaired) electrons. The van der Waals surface area contributed by atoms with Gasteiger partial charge < -0.3 is 15.2 Å². The maximum absolute atomic E-state index is 3.41. The number of rotatable bonds is 5. The van der Waals surface area contributed by atoms with Crippen molar-refractivity contribution in [3.63, 3.8) is 0 Å². The van der Waals surface area contributed by atoms with Crippen LogP contribution < -0.4 is 10.6 Å². The van der Waals surface area contributed by atoms with Crippen molar-refractivity contribution < 1.29 is 0 Å². The van der Waals surface area contributed by atoms with Gasteiger partial charge in [0, 0.05) is 30.2 Å². The molecule has 1 heterocycles. The maximum atomic E-state index is 3.41. The summed E-state index contributed by atoms with van der Waals surface area (Å²) < 4.78 is 2.20. The highest BCUT2D eigenvalue weighted by atomic mass is 14.9. The molecule has 0 bridgehead atoms. The van der Waals surface area contributed by atoms with E-state index in [4.69, 9.17) is 0 Å². The minimum atomic E-state index is 0.411. The highest BCUT2D eigenvalue weighted by Crippen LogP contribution is 2.27. The maximum Gasteiger partial charge on any atom is 0.0481 e. The fourth-order valence-corrected chi connectivity index (χ4v) is 2.39. The molecule has 2 aromatic rings. The van der Waals surface area contributed by atoms with Gasteiger partial charge in [0.1, 0.15) is 0 Å². The van der Waals surface area contributed by atoms with Crippen LogP contribution in [0.3, 0.4) is 0 Å². The van der Waals surface area contributed by atoms with Gasteiger partial charge in [-0.25, -0.2) is 0 Å². The average Bonchev–Trinajstić information content (AvgIpc) is 2.69. The zero-order chi connectivity index (χ0) is 12.3. The van der Waals surface area contributed by atoms with Crippen molar-refractivity contribution in [2.45, 2.75) is 12.5 Å². The van der Waals surface area contributed by atoms with Crippen LogP contribution in [0.2, 0.25) is 0 Å². The Morgan fingerprint density at radius 1 is 1.24 bits per heavy atom. The van der Waals surface area contributed by atoms with Gasteiger partial charge >= 0.3 is 0 Å². The highest BCUT2D eigenvalue weighted by Gasteiger charge is 2.14. The molecular weight excluding hydrogens is 210 g/mol.